The normalized spacial score (nSPS) is 22.4. The van der Waals surface area contributed by atoms with Crippen molar-refractivity contribution in [3.63, 3.8) is 0 Å². The van der Waals surface area contributed by atoms with Crippen LogP contribution in [-0.4, -0.2) is 59.9 Å². The summed E-state index contributed by atoms with van der Waals surface area (Å²) in [4.78, 5) is 40.7. The lowest BCUT2D eigenvalue weighted by molar-refractivity contribution is -0.136. The standard InChI is InChI=1S/C25H27N3O5/c29-23-9-8-21(24(30)26-23)28-15-20-19(25(28)31)2-1-3-22(20)33-16-18-6-4-17(5-7-18)14-27-10-12-32-13-11-27/h1-7,21H,8-16H2,(H,26,29,30)/t21-/m0/s1/i1D,2D,3D. The van der Waals surface area contributed by atoms with E-state index in [0.29, 0.717) is 5.56 Å². The minimum Gasteiger partial charge on any atom is -0.489 e. The number of nitrogens with one attached hydrogen (secondary N) is 1. The highest BCUT2D eigenvalue weighted by Crippen LogP contribution is 2.34. The Morgan fingerprint density at radius 1 is 1.09 bits per heavy atom. The molecule has 3 aliphatic heterocycles. The van der Waals surface area contributed by atoms with E-state index in [1.165, 1.54) is 10.5 Å². The van der Waals surface area contributed by atoms with Crippen molar-refractivity contribution in [1.29, 1.82) is 0 Å². The third-order valence-electron chi connectivity index (χ3n) is 6.24. The zero-order valence-corrected chi connectivity index (χ0v) is 18.2. The van der Waals surface area contributed by atoms with Crippen molar-refractivity contribution >= 4 is 17.7 Å². The molecule has 8 nitrogen and oxygen atoms in total. The Morgan fingerprint density at radius 2 is 1.85 bits per heavy atom. The van der Waals surface area contributed by atoms with Crippen molar-refractivity contribution in [3.05, 3.63) is 64.6 Å². The monoisotopic (exact) mass is 452 g/mol. The molecule has 0 radical (unpaired) electrons. The summed E-state index contributed by atoms with van der Waals surface area (Å²) >= 11 is 0. The Labute approximate surface area is 196 Å². The van der Waals surface area contributed by atoms with Crippen LogP contribution in [0.4, 0.5) is 0 Å². The number of nitrogens with zero attached hydrogens (tertiary/aromatic N) is 2. The van der Waals surface area contributed by atoms with E-state index in [-0.39, 0.29) is 55.3 Å². The highest BCUT2D eigenvalue weighted by molar-refractivity contribution is 6.05. The number of ether oxygens (including phenoxy) is 2. The smallest absolute Gasteiger partial charge is 0.255 e. The summed E-state index contributed by atoms with van der Waals surface area (Å²) in [6.07, 6.45) is 0.300. The lowest BCUT2D eigenvalue weighted by atomic mass is 10.0. The molecule has 2 aromatic rings. The van der Waals surface area contributed by atoms with Crippen molar-refractivity contribution in [2.24, 2.45) is 0 Å². The van der Waals surface area contributed by atoms with Crippen molar-refractivity contribution < 1.29 is 28.0 Å². The molecule has 5 rings (SSSR count). The summed E-state index contributed by atoms with van der Waals surface area (Å²) in [5.74, 6) is -1.43. The fourth-order valence-corrected chi connectivity index (χ4v) is 4.40. The first-order valence-corrected chi connectivity index (χ1v) is 11.1. The highest BCUT2D eigenvalue weighted by Gasteiger charge is 2.40. The molecule has 172 valence electrons. The fourth-order valence-electron chi connectivity index (χ4n) is 4.40. The number of benzene rings is 2. The van der Waals surface area contributed by atoms with Crippen LogP contribution in [0.5, 0.6) is 5.75 Å². The summed E-state index contributed by atoms with van der Waals surface area (Å²) in [6, 6.07) is 6.08. The first kappa shape index (κ1) is 18.2. The van der Waals surface area contributed by atoms with Gasteiger partial charge in [-0.15, -0.1) is 0 Å². The van der Waals surface area contributed by atoms with Crippen LogP contribution >= 0.6 is 0 Å². The number of fused-ring (bicyclic) bond motifs is 1. The second-order valence-corrected chi connectivity index (χ2v) is 8.45. The maximum atomic E-state index is 13.2. The molecule has 2 saturated heterocycles. The molecule has 2 fully saturated rings. The molecule has 1 atom stereocenters. The van der Waals surface area contributed by atoms with Crippen molar-refractivity contribution in [3.8, 4) is 5.75 Å². The molecule has 1 N–H and O–H groups in total. The van der Waals surface area contributed by atoms with E-state index in [1.807, 2.05) is 24.3 Å². The summed E-state index contributed by atoms with van der Waals surface area (Å²) in [5, 5.41) is 2.25. The molecule has 0 unspecified atom stereocenters. The molecule has 2 aromatic carbocycles. The minimum absolute atomic E-state index is 0.0171. The van der Waals surface area contributed by atoms with E-state index in [2.05, 4.69) is 10.2 Å². The van der Waals surface area contributed by atoms with Crippen molar-refractivity contribution in [2.45, 2.75) is 38.6 Å². The molecular formula is C25H27N3O5. The molecule has 8 heteroatoms. The Morgan fingerprint density at radius 3 is 2.61 bits per heavy atom. The van der Waals surface area contributed by atoms with E-state index in [9.17, 15) is 14.4 Å². The van der Waals surface area contributed by atoms with Crippen molar-refractivity contribution in [1.82, 2.24) is 15.1 Å². The maximum Gasteiger partial charge on any atom is 0.255 e. The molecule has 0 aliphatic carbocycles. The average molecular weight is 453 g/mol. The molecule has 0 spiro atoms. The van der Waals surface area contributed by atoms with Gasteiger partial charge < -0.3 is 14.4 Å². The van der Waals surface area contributed by atoms with Gasteiger partial charge in [-0.3, -0.25) is 24.6 Å². The maximum absolute atomic E-state index is 13.2. The number of piperidine rings is 1. The van der Waals surface area contributed by atoms with Gasteiger partial charge in [0, 0.05) is 37.2 Å². The van der Waals surface area contributed by atoms with Crippen LogP contribution in [0, 0.1) is 0 Å². The van der Waals surface area contributed by atoms with Crippen LogP contribution in [0.25, 0.3) is 0 Å². The predicted octanol–water partition coefficient (Wildman–Crippen LogP) is 1.86. The first-order chi connectivity index (χ1) is 17.3. The third-order valence-corrected chi connectivity index (χ3v) is 6.24. The van der Waals surface area contributed by atoms with Crippen LogP contribution in [0.2, 0.25) is 0 Å². The summed E-state index contributed by atoms with van der Waals surface area (Å²) in [7, 11) is 0. The SMILES string of the molecule is [2H]c1c([2H])c(OCc2ccc(CN3CCOCC3)cc2)c2c(c1[2H])C(=O)N([C@H]1CCC(=O)NC1=O)C2. The van der Waals surface area contributed by atoms with Crippen LogP contribution in [-0.2, 0) is 34.0 Å². The van der Waals surface area contributed by atoms with Crippen molar-refractivity contribution in [2.75, 3.05) is 26.3 Å². The molecular weight excluding hydrogens is 422 g/mol. The number of hydrogen-bond acceptors (Lipinski definition) is 6. The summed E-state index contributed by atoms with van der Waals surface area (Å²) in [5.41, 5.74) is 2.35. The second kappa shape index (κ2) is 9.33. The molecule has 0 saturated carbocycles. The zero-order valence-electron chi connectivity index (χ0n) is 21.2. The third kappa shape index (κ3) is 4.62. The van der Waals surface area contributed by atoms with E-state index < -0.39 is 23.9 Å². The number of imide groups is 1. The van der Waals surface area contributed by atoms with Gasteiger partial charge in [0.05, 0.1) is 23.9 Å². The number of hydrogen-bond donors (Lipinski definition) is 1. The Hall–Kier alpha value is -3.23. The Bertz CT molecular complexity index is 1210. The highest BCUT2D eigenvalue weighted by atomic mass is 16.5. The predicted molar refractivity (Wildman–Crippen MR) is 119 cm³/mol. The summed E-state index contributed by atoms with van der Waals surface area (Å²) < 4.78 is 36.2. The van der Waals surface area contributed by atoms with Crippen LogP contribution < -0.4 is 10.1 Å². The van der Waals surface area contributed by atoms with E-state index in [0.717, 1.165) is 38.4 Å². The zero-order chi connectivity index (χ0) is 25.4. The van der Waals surface area contributed by atoms with Gasteiger partial charge in [-0.1, -0.05) is 30.3 Å². The number of carbonyl (C=O) groups is 3. The van der Waals surface area contributed by atoms with Gasteiger partial charge in [0.25, 0.3) is 5.91 Å². The van der Waals surface area contributed by atoms with Gasteiger partial charge >= 0.3 is 0 Å². The van der Waals surface area contributed by atoms with E-state index in [1.54, 1.807) is 0 Å². The van der Waals surface area contributed by atoms with Gasteiger partial charge in [0.2, 0.25) is 11.8 Å². The molecule has 0 bridgehead atoms. The van der Waals surface area contributed by atoms with E-state index >= 15 is 0 Å². The molecule has 3 heterocycles. The quantitative estimate of drug-likeness (QED) is 0.674. The molecule has 3 amide bonds. The largest absolute Gasteiger partial charge is 0.489 e. The Kier molecular flexibility index (Phi) is 5.15. The van der Waals surface area contributed by atoms with Gasteiger partial charge in [-0.25, -0.2) is 0 Å². The summed E-state index contributed by atoms with van der Waals surface area (Å²) in [6.45, 7) is 4.22. The fraction of sp³-hybridized carbons (Fsp3) is 0.400. The number of amides is 3. The lowest BCUT2D eigenvalue weighted by Gasteiger charge is -2.29. The van der Waals surface area contributed by atoms with Crippen LogP contribution in [0.1, 0.15) is 44.0 Å². The van der Waals surface area contributed by atoms with Gasteiger partial charge in [-0.2, -0.15) is 0 Å². The van der Waals surface area contributed by atoms with Gasteiger partial charge in [0.15, 0.2) is 0 Å². The van der Waals surface area contributed by atoms with Crippen LogP contribution in [0.15, 0.2) is 42.4 Å². The molecule has 3 aliphatic rings. The average Bonchev–Trinajstić information content (AvgIpc) is 3.21. The molecule has 0 aromatic heterocycles. The number of rotatable bonds is 6. The lowest BCUT2D eigenvalue weighted by Crippen LogP contribution is -2.52. The van der Waals surface area contributed by atoms with Gasteiger partial charge in [-0.05, 0) is 29.6 Å². The first-order valence-electron chi connectivity index (χ1n) is 12.6. The topological polar surface area (TPSA) is 88.2 Å². The Balaban J connectivity index is 1.33. The van der Waals surface area contributed by atoms with Gasteiger partial charge in [0.1, 0.15) is 18.4 Å². The van der Waals surface area contributed by atoms with Crippen LogP contribution in [0.3, 0.4) is 0 Å². The molecule has 33 heavy (non-hydrogen) atoms. The number of morpholine rings is 1. The van der Waals surface area contributed by atoms with E-state index in [4.69, 9.17) is 13.6 Å². The second-order valence-electron chi connectivity index (χ2n) is 8.45. The minimum atomic E-state index is -0.850. The number of carbonyl (C=O) groups excluding carboxylic acids is 3.